The summed E-state index contributed by atoms with van der Waals surface area (Å²) in [7, 11) is -3.99. The highest BCUT2D eigenvalue weighted by molar-refractivity contribution is 7.89. The lowest BCUT2D eigenvalue weighted by atomic mass is 9.92. The van der Waals surface area contributed by atoms with Crippen molar-refractivity contribution >= 4 is 50.5 Å². The predicted molar refractivity (Wildman–Crippen MR) is 136 cm³/mol. The number of aryl methyl sites for hydroxylation is 1. The van der Waals surface area contributed by atoms with Crippen LogP contribution in [0.15, 0.2) is 58.8 Å². The zero-order valence-electron chi connectivity index (χ0n) is 18.6. The summed E-state index contributed by atoms with van der Waals surface area (Å²) in [6, 6.07) is 14.2. The summed E-state index contributed by atoms with van der Waals surface area (Å²) in [4.78, 5) is 16.8. The van der Waals surface area contributed by atoms with Gasteiger partial charge in [-0.05, 0) is 67.0 Å². The molecule has 2 heterocycles. The van der Waals surface area contributed by atoms with Crippen LogP contribution < -0.4 is 0 Å². The van der Waals surface area contributed by atoms with E-state index in [4.69, 9.17) is 23.2 Å². The van der Waals surface area contributed by atoms with Crippen molar-refractivity contribution in [3.05, 3.63) is 85.5 Å². The van der Waals surface area contributed by atoms with E-state index >= 15 is 0 Å². The molecule has 1 saturated carbocycles. The summed E-state index contributed by atoms with van der Waals surface area (Å²) in [6.45, 7) is 2.35. The molecule has 9 heteroatoms. The maximum Gasteiger partial charge on any atom is 0.245 e. The number of carbonyl (C=O) groups excluding carboxylic acids is 1. The number of benzene rings is 2. The number of hydrogen-bond acceptors (Lipinski definition) is 4. The Kier molecular flexibility index (Phi) is 6.50. The van der Waals surface area contributed by atoms with Gasteiger partial charge in [-0.3, -0.25) is 4.79 Å². The van der Waals surface area contributed by atoms with Gasteiger partial charge in [-0.2, -0.15) is 4.31 Å². The van der Waals surface area contributed by atoms with E-state index < -0.39 is 10.0 Å². The van der Waals surface area contributed by atoms with E-state index in [1.54, 1.807) is 17.4 Å². The third-order valence-electron chi connectivity index (χ3n) is 6.40. The van der Waals surface area contributed by atoms with Gasteiger partial charge in [0, 0.05) is 22.5 Å². The molecule has 1 fully saturated rings. The second kappa shape index (κ2) is 9.28. The minimum Gasteiger partial charge on any atom is -0.330 e. The first-order valence-electron chi connectivity index (χ1n) is 11.1. The third-order valence-corrected chi connectivity index (χ3v) is 10.0. The highest BCUT2D eigenvalue weighted by atomic mass is 35.5. The lowest BCUT2D eigenvalue weighted by molar-refractivity contribution is -0.133. The van der Waals surface area contributed by atoms with E-state index in [9.17, 15) is 13.2 Å². The minimum absolute atomic E-state index is 0.0600. The van der Waals surface area contributed by atoms with Crippen LogP contribution in [0.4, 0.5) is 0 Å². The topological polar surface area (TPSA) is 57.7 Å². The largest absolute Gasteiger partial charge is 0.330 e. The summed E-state index contributed by atoms with van der Waals surface area (Å²) in [5.41, 5.74) is 3.29. The molecule has 34 heavy (non-hydrogen) atoms. The molecule has 178 valence electrons. The van der Waals surface area contributed by atoms with Crippen LogP contribution in [0.2, 0.25) is 10.0 Å². The van der Waals surface area contributed by atoms with Crippen molar-refractivity contribution in [3.8, 4) is 0 Å². The Bertz CT molecular complexity index is 1330. The van der Waals surface area contributed by atoms with Crippen molar-refractivity contribution in [3.63, 3.8) is 0 Å². The summed E-state index contributed by atoms with van der Waals surface area (Å²) in [6.07, 6.45) is 2.21. The molecule has 0 saturated heterocycles. The molecule has 2 aromatic carbocycles. The molecule has 0 radical (unpaired) electrons. The zero-order chi connectivity index (χ0) is 24.0. The average molecular weight is 536 g/mol. The van der Waals surface area contributed by atoms with Crippen LogP contribution in [0, 0.1) is 6.92 Å². The number of fused-ring (bicyclic) bond motifs is 1. The third kappa shape index (κ3) is 4.52. The molecule has 0 bridgehead atoms. The average Bonchev–Trinajstić information content (AvgIpc) is 3.54. The molecule has 3 aromatic rings. The predicted octanol–water partition coefficient (Wildman–Crippen LogP) is 5.69. The van der Waals surface area contributed by atoms with Crippen molar-refractivity contribution in [2.45, 2.75) is 43.2 Å². The number of hydrogen-bond donors (Lipinski definition) is 0. The summed E-state index contributed by atoms with van der Waals surface area (Å²) < 4.78 is 28.4. The quantitative estimate of drug-likeness (QED) is 0.408. The van der Waals surface area contributed by atoms with Crippen LogP contribution >= 0.6 is 34.5 Å². The fourth-order valence-electron chi connectivity index (χ4n) is 4.49. The summed E-state index contributed by atoms with van der Waals surface area (Å²) in [5.74, 6) is -0.212. The Morgan fingerprint density at radius 3 is 2.56 bits per heavy atom. The Morgan fingerprint density at radius 1 is 1.12 bits per heavy atom. The van der Waals surface area contributed by atoms with Crippen LogP contribution in [-0.4, -0.2) is 42.7 Å². The first-order valence-corrected chi connectivity index (χ1v) is 14.2. The molecule has 2 aliphatic rings. The first kappa shape index (κ1) is 23.8. The van der Waals surface area contributed by atoms with Gasteiger partial charge in [0.05, 0.1) is 17.6 Å². The fraction of sp³-hybridized carbons (Fsp3) is 0.320. The molecule has 5 nitrogen and oxygen atoms in total. The lowest BCUT2D eigenvalue weighted by Gasteiger charge is -2.37. The van der Waals surface area contributed by atoms with Gasteiger partial charge in [0.2, 0.25) is 15.9 Å². The molecule has 1 amide bonds. The zero-order valence-corrected chi connectivity index (χ0v) is 21.7. The van der Waals surface area contributed by atoms with Gasteiger partial charge in [0.15, 0.2) is 0 Å². The second-order valence-electron chi connectivity index (χ2n) is 8.81. The molecule has 1 unspecified atom stereocenters. The number of nitrogens with zero attached hydrogens (tertiary/aromatic N) is 2. The number of carbonyl (C=O) groups is 1. The van der Waals surface area contributed by atoms with E-state index in [1.807, 2.05) is 36.1 Å². The number of thiophene rings is 1. The maximum atomic E-state index is 13.7. The summed E-state index contributed by atoms with van der Waals surface area (Å²) in [5, 5.41) is 2.44. The standard InChI is InChI=1S/C25H24Cl2N2O3S2/c1-16-2-4-17(5-3-16)25-20-11-13-33-22(20)10-12-28(25)24(30)15-29(19-7-8-19)34(31,32)23-14-18(26)6-9-21(23)27/h2-6,9,11,13-14,19,25H,7-8,10,12,15H2,1H3. The van der Waals surface area contributed by atoms with Crippen molar-refractivity contribution in [1.82, 2.24) is 9.21 Å². The molecule has 1 aromatic heterocycles. The number of rotatable bonds is 6. The lowest BCUT2D eigenvalue weighted by Crippen LogP contribution is -2.47. The van der Waals surface area contributed by atoms with E-state index in [2.05, 4.69) is 11.4 Å². The molecule has 5 rings (SSSR count). The van der Waals surface area contributed by atoms with Crippen LogP contribution in [-0.2, 0) is 21.2 Å². The molecular weight excluding hydrogens is 511 g/mol. The molecule has 1 aliphatic carbocycles. The molecule has 1 atom stereocenters. The van der Waals surface area contributed by atoms with Gasteiger partial charge in [0.25, 0.3) is 0 Å². The number of halogens is 2. The monoisotopic (exact) mass is 534 g/mol. The van der Waals surface area contributed by atoms with Crippen LogP contribution in [0.3, 0.4) is 0 Å². The van der Waals surface area contributed by atoms with Crippen molar-refractivity contribution in [2.75, 3.05) is 13.1 Å². The molecule has 0 spiro atoms. The Hall–Kier alpha value is -1.90. The minimum atomic E-state index is -3.99. The highest BCUT2D eigenvalue weighted by Gasteiger charge is 2.42. The molecule has 0 N–H and O–H groups in total. The van der Waals surface area contributed by atoms with Crippen molar-refractivity contribution in [1.29, 1.82) is 0 Å². The Morgan fingerprint density at radius 2 is 1.85 bits per heavy atom. The summed E-state index contributed by atoms with van der Waals surface area (Å²) >= 11 is 14.0. The highest BCUT2D eigenvalue weighted by Crippen LogP contribution is 2.39. The first-order chi connectivity index (χ1) is 16.3. The van der Waals surface area contributed by atoms with E-state index in [0.717, 1.165) is 36.0 Å². The molecule has 1 aliphatic heterocycles. The van der Waals surface area contributed by atoms with Gasteiger partial charge in [-0.1, -0.05) is 53.0 Å². The number of amides is 1. The second-order valence-corrected chi connectivity index (χ2v) is 12.5. The Balaban J connectivity index is 1.48. The van der Waals surface area contributed by atoms with Gasteiger partial charge >= 0.3 is 0 Å². The van der Waals surface area contributed by atoms with E-state index in [-0.39, 0.29) is 39.5 Å². The number of sulfonamides is 1. The van der Waals surface area contributed by atoms with E-state index in [0.29, 0.717) is 6.54 Å². The fourth-order valence-corrected chi connectivity index (χ4v) is 7.77. The van der Waals surface area contributed by atoms with E-state index in [1.165, 1.54) is 21.3 Å². The Labute approximate surface area is 214 Å². The van der Waals surface area contributed by atoms with Gasteiger partial charge in [0.1, 0.15) is 4.90 Å². The van der Waals surface area contributed by atoms with Gasteiger partial charge in [-0.15, -0.1) is 11.3 Å². The van der Waals surface area contributed by atoms with Crippen LogP contribution in [0.5, 0.6) is 0 Å². The SMILES string of the molecule is Cc1ccc(C2c3ccsc3CCN2C(=O)CN(C2CC2)S(=O)(=O)c2cc(Cl)ccc2Cl)cc1. The van der Waals surface area contributed by atoms with Crippen molar-refractivity contribution < 1.29 is 13.2 Å². The molecular formula is C25H24Cl2N2O3S2. The van der Waals surface area contributed by atoms with Gasteiger partial charge < -0.3 is 4.90 Å². The maximum absolute atomic E-state index is 13.7. The van der Waals surface area contributed by atoms with Crippen molar-refractivity contribution in [2.24, 2.45) is 0 Å². The van der Waals surface area contributed by atoms with Gasteiger partial charge in [-0.25, -0.2) is 8.42 Å². The normalized spacial score (nSPS) is 18.2. The van der Waals surface area contributed by atoms with Crippen LogP contribution in [0.25, 0.3) is 0 Å². The van der Waals surface area contributed by atoms with Crippen LogP contribution in [0.1, 0.15) is 40.5 Å². The smallest absolute Gasteiger partial charge is 0.245 e.